The molecule has 5 heteroatoms. The highest BCUT2D eigenvalue weighted by molar-refractivity contribution is 5.76. The summed E-state index contributed by atoms with van der Waals surface area (Å²) in [7, 11) is 1.60. The minimum absolute atomic E-state index is 0.0242. The van der Waals surface area contributed by atoms with Gasteiger partial charge in [0.1, 0.15) is 0 Å². The molecule has 0 aliphatic heterocycles. The molecule has 0 radical (unpaired) electrons. The molecule has 0 fully saturated rings. The number of nitrogens with zero attached hydrogens (tertiary/aromatic N) is 1. The zero-order valence-electron chi connectivity index (χ0n) is 13.3. The summed E-state index contributed by atoms with van der Waals surface area (Å²) < 4.78 is 4.91. The standard InChI is InChI=1S/C17H23N3O2/c1-12(19-17(21)7-8-22-3)9-14-5-4-6-15(10-14)16-11-18-20-13(16)2/h4-6,10-12H,7-9H2,1-3H3,(H,18,20)(H,19,21)/t12-/m1/s1. The molecule has 2 rings (SSSR count). The minimum atomic E-state index is 0.0242. The van der Waals surface area contributed by atoms with Crippen LogP contribution < -0.4 is 5.32 Å². The second kappa shape index (κ2) is 7.75. The predicted molar refractivity (Wildman–Crippen MR) is 86.6 cm³/mol. The first-order valence-corrected chi connectivity index (χ1v) is 7.47. The van der Waals surface area contributed by atoms with Gasteiger partial charge >= 0.3 is 0 Å². The Kier molecular flexibility index (Phi) is 5.72. The molecule has 1 atom stereocenters. The van der Waals surface area contributed by atoms with E-state index in [1.165, 1.54) is 5.56 Å². The van der Waals surface area contributed by atoms with Gasteiger partial charge in [0.2, 0.25) is 5.91 Å². The van der Waals surface area contributed by atoms with Gasteiger partial charge in [0, 0.05) is 30.8 Å². The molecule has 1 aromatic heterocycles. The fourth-order valence-electron chi connectivity index (χ4n) is 2.45. The van der Waals surface area contributed by atoms with Crippen molar-refractivity contribution in [2.75, 3.05) is 13.7 Å². The van der Waals surface area contributed by atoms with Crippen LogP contribution >= 0.6 is 0 Å². The Morgan fingerprint density at radius 1 is 1.45 bits per heavy atom. The Labute approximate surface area is 131 Å². The van der Waals surface area contributed by atoms with Crippen LogP contribution in [-0.4, -0.2) is 35.9 Å². The van der Waals surface area contributed by atoms with Crippen LogP contribution in [0.5, 0.6) is 0 Å². The number of H-pyrrole nitrogens is 1. The quantitative estimate of drug-likeness (QED) is 0.825. The van der Waals surface area contributed by atoms with Gasteiger partial charge in [-0.05, 0) is 31.4 Å². The van der Waals surface area contributed by atoms with Crippen LogP contribution in [-0.2, 0) is 16.0 Å². The number of hydrogen-bond acceptors (Lipinski definition) is 3. The van der Waals surface area contributed by atoms with E-state index in [0.29, 0.717) is 13.0 Å². The second-order valence-corrected chi connectivity index (χ2v) is 5.52. The zero-order chi connectivity index (χ0) is 15.9. The maximum Gasteiger partial charge on any atom is 0.222 e. The summed E-state index contributed by atoms with van der Waals surface area (Å²) in [6.07, 6.45) is 3.03. The van der Waals surface area contributed by atoms with Gasteiger partial charge in [-0.25, -0.2) is 0 Å². The predicted octanol–water partition coefficient (Wildman–Crippen LogP) is 2.47. The largest absolute Gasteiger partial charge is 0.384 e. The summed E-state index contributed by atoms with van der Waals surface area (Å²) in [6.45, 7) is 4.47. The number of ether oxygens (including phenoxy) is 1. The molecule has 0 bridgehead atoms. The minimum Gasteiger partial charge on any atom is -0.384 e. The molecule has 0 aliphatic rings. The number of amides is 1. The second-order valence-electron chi connectivity index (χ2n) is 5.52. The Morgan fingerprint density at radius 3 is 2.95 bits per heavy atom. The molecule has 5 nitrogen and oxygen atoms in total. The average molecular weight is 301 g/mol. The first kappa shape index (κ1) is 16.2. The molecule has 1 amide bonds. The van der Waals surface area contributed by atoms with E-state index in [9.17, 15) is 4.79 Å². The topological polar surface area (TPSA) is 67.0 Å². The lowest BCUT2D eigenvalue weighted by atomic mass is 10.0. The lowest BCUT2D eigenvalue weighted by molar-refractivity contribution is -0.122. The average Bonchev–Trinajstić information content (AvgIpc) is 2.91. The number of hydrogen-bond donors (Lipinski definition) is 2. The van der Waals surface area contributed by atoms with Crippen molar-refractivity contribution in [3.8, 4) is 11.1 Å². The summed E-state index contributed by atoms with van der Waals surface area (Å²) in [4.78, 5) is 11.7. The normalized spacial score (nSPS) is 12.1. The lowest BCUT2D eigenvalue weighted by Gasteiger charge is -2.14. The molecule has 0 spiro atoms. The summed E-state index contributed by atoms with van der Waals surface area (Å²) in [6, 6.07) is 8.43. The van der Waals surface area contributed by atoms with Crippen molar-refractivity contribution in [2.45, 2.75) is 32.7 Å². The van der Waals surface area contributed by atoms with Gasteiger partial charge in [-0.15, -0.1) is 0 Å². The van der Waals surface area contributed by atoms with E-state index < -0.39 is 0 Å². The highest BCUT2D eigenvalue weighted by Crippen LogP contribution is 2.22. The SMILES string of the molecule is COCCC(=O)N[C@H](C)Cc1cccc(-c2cn[nH]c2C)c1. The third-order valence-electron chi connectivity index (χ3n) is 3.55. The van der Waals surface area contributed by atoms with E-state index in [1.54, 1.807) is 7.11 Å². The first-order valence-electron chi connectivity index (χ1n) is 7.47. The van der Waals surface area contributed by atoms with E-state index in [2.05, 4.69) is 33.7 Å². The van der Waals surface area contributed by atoms with Gasteiger partial charge in [-0.3, -0.25) is 9.89 Å². The maximum atomic E-state index is 11.7. The van der Waals surface area contributed by atoms with Gasteiger partial charge in [-0.1, -0.05) is 24.3 Å². The van der Waals surface area contributed by atoms with Crippen molar-refractivity contribution in [2.24, 2.45) is 0 Å². The smallest absolute Gasteiger partial charge is 0.222 e. The Morgan fingerprint density at radius 2 is 2.27 bits per heavy atom. The number of aryl methyl sites for hydroxylation is 1. The number of carbonyl (C=O) groups excluding carboxylic acids is 1. The molecular weight excluding hydrogens is 278 g/mol. The Hall–Kier alpha value is -2.14. The molecule has 1 aromatic carbocycles. The fraction of sp³-hybridized carbons (Fsp3) is 0.412. The van der Waals surface area contributed by atoms with Crippen molar-refractivity contribution < 1.29 is 9.53 Å². The summed E-state index contributed by atoms with van der Waals surface area (Å²) in [5, 5.41) is 10.0. The van der Waals surface area contributed by atoms with Crippen LogP contribution in [0, 0.1) is 6.92 Å². The van der Waals surface area contributed by atoms with Crippen LogP contribution in [0.15, 0.2) is 30.5 Å². The Balaban J connectivity index is 1.98. The van der Waals surface area contributed by atoms with Crippen LogP contribution in [0.2, 0.25) is 0 Å². The third-order valence-corrected chi connectivity index (χ3v) is 3.55. The number of rotatable bonds is 7. The number of aromatic amines is 1. The van der Waals surface area contributed by atoms with Gasteiger partial charge in [0.05, 0.1) is 12.8 Å². The molecule has 0 saturated heterocycles. The first-order chi connectivity index (χ1) is 10.6. The molecular formula is C17H23N3O2. The van der Waals surface area contributed by atoms with Crippen molar-refractivity contribution in [3.63, 3.8) is 0 Å². The van der Waals surface area contributed by atoms with Gasteiger partial charge in [-0.2, -0.15) is 5.10 Å². The molecule has 0 saturated carbocycles. The van der Waals surface area contributed by atoms with Crippen molar-refractivity contribution in [3.05, 3.63) is 41.7 Å². The third kappa shape index (κ3) is 4.43. The molecule has 0 unspecified atom stereocenters. The van der Waals surface area contributed by atoms with Gasteiger partial charge < -0.3 is 10.1 Å². The van der Waals surface area contributed by atoms with Gasteiger partial charge in [0.25, 0.3) is 0 Å². The number of nitrogens with one attached hydrogen (secondary N) is 2. The summed E-state index contributed by atoms with van der Waals surface area (Å²) in [5.74, 6) is 0.0242. The lowest BCUT2D eigenvalue weighted by Crippen LogP contribution is -2.34. The monoisotopic (exact) mass is 301 g/mol. The highest BCUT2D eigenvalue weighted by atomic mass is 16.5. The molecule has 2 N–H and O–H groups in total. The van der Waals surface area contributed by atoms with E-state index >= 15 is 0 Å². The highest BCUT2D eigenvalue weighted by Gasteiger charge is 2.09. The van der Waals surface area contributed by atoms with E-state index in [-0.39, 0.29) is 11.9 Å². The van der Waals surface area contributed by atoms with Crippen molar-refractivity contribution >= 4 is 5.91 Å². The number of methoxy groups -OCH3 is 1. The number of carbonyl (C=O) groups is 1. The maximum absolute atomic E-state index is 11.7. The van der Waals surface area contributed by atoms with Crippen LogP contribution in [0.4, 0.5) is 0 Å². The number of benzene rings is 1. The van der Waals surface area contributed by atoms with E-state index in [1.807, 2.05) is 26.1 Å². The summed E-state index contributed by atoms with van der Waals surface area (Å²) >= 11 is 0. The van der Waals surface area contributed by atoms with Crippen LogP contribution in [0.25, 0.3) is 11.1 Å². The van der Waals surface area contributed by atoms with Gasteiger partial charge in [0.15, 0.2) is 0 Å². The van der Waals surface area contributed by atoms with Crippen LogP contribution in [0.1, 0.15) is 24.6 Å². The zero-order valence-corrected chi connectivity index (χ0v) is 13.3. The molecule has 0 aliphatic carbocycles. The number of aromatic nitrogens is 2. The van der Waals surface area contributed by atoms with Crippen LogP contribution in [0.3, 0.4) is 0 Å². The molecule has 22 heavy (non-hydrogen) atoms. The summed E-state index contributed by atoms with van der Waals surface area (Å²) in [5.41, 5.74) is 4.50. The van der Waals surface area contributed by atoms with Crippen molar-refractivity contribution in [1.82, 2.24) is 15.5 Å². The van der Waals surface area contributed by atoms with E-state index in [4.69, 9.17) is 4.74 Å². The Bertz CT molecular complexity index is 622. The molecule has 118 valence electrons. The van der Waals surface area contributed by atoms with E-state index in [0.717, 1.165) is 23.2 Å². The fourth-order valence-corrected chi connectivity index (χ4v) is 2.45. The van der Waals surface area contributed by atoms with Crippen molar-refractivity contribution in [1.29, 1.82) is 0 Å². The molecule has 2 aromatic rings. The molecule has 1 heterocycles.